The van der Waals surface area contributed by atoms with E-state index in [9.17, 15) is 0 Å². The Balaban J connectivity index is 2.82. The second-order valence-electron chi connectivity index (χ2n) is 3.61. The summed E-state index contributed by atoms with van der Waals surface area (Å²) >= 11 is 5.99. The smallest absolute Gasteiger partial charge is 0.137 e. The number of aromatic nitrogens is 2. The van der Waals surface area contributed by atoms with E-state index in [1.807, 2.05) is 6.92 Å². The fourth-order valence-electron chi connectivity index (χ4n) is 1.56. The van der Waals surface area contributed by atoms with Gasteiger partial charge >= 0.3 is 0 Å². The predicted molar refractivity (Wildman–Crippen MR) is 65.8 cm³/mol. The molecule has 4 nitrogen and oxygen atoms in total. The minimum atomic E-state index is 0.172. The fourth-order valence-corrected chi connectivity index (χ4v) is 1.82. The molecule has 2 N–H and O–H groups in total. The van der Waals surface area contributed by atoms with E-state index in [0.29, 0.717) is 11.6 Å². The minimum absolute atomic E-state index is 0.172. The molecule has 0 saturated heterocycles. The Morgan fingerprint density at radius 1 is 1.44 bits per heavy atom. The summed E-state index contributed by atoms with van der Waals surface area (Å²) in [5.41, 5.74) is 0.931. The van der Waals surface area contributed by atoms with Crippen LogP contribution in [0.4, 0.5) is 5.82 Å². The first-order chi connectivity index (χ1) is 7.72. The van der Waals surface area contributed by atoms with Gasteiger partial charge in [-0.1, -0.05) is 25.4 Å². The van der Waals surface area contributed by atoms with Crippen LogP contribution in [0.1, 0.15) is 32.3 Å². The first kappa shape index (κ1) is 13.2. The molecule has 1 rings (SSSR count). The molecule has 0 fully saturated rings. The summed E-state index contributed by atoms with van der Waals surface area (Å²) in [6.45, 7) is 4.26. The van der Waals surface area contributed by atoms with Crippen molar-refractivity contribution >= 4 is 17.4 Å². The molecule has 0 aliphatic heterocycles. The van der Waals surface area contributed by atoms with Crippen LogP contribution in [0.25, 0.3) is 0 Å². The SMILES string of the molecule is CCc1c(Cl)ncnc1NC(CC)CCO. The van der Waals surface area contributed by atoms with Crippen LogP contribution < -0.4 is 5.32 Å². The molecule has 0 aliphatic carbocycles. The summed E-state index contributed by atoms with van der Waals surface area (Å²) in [4.78, 5) is 8.15. The highest BCUT2D eigenvalue weighted by Gasteiger charge is 2.11. The van der Waals surface area contributed by atoms with E-state index in [-0.39, 0.29) is 12.6 Å². The highest BCUT2D eigenvalue weighted by molar-refractivity contribution is 6.30. The number of rotatable bonds is 6. The van der Waals surface area contributed by atoms with Gasteiger partial charge in [-0.3, -0.25) is 0 Å². The van der Waals surface area contributed by atoms with E-state index in [1.54, 1.807) is 0 Å². The molecule has 16 heavy (non-hydrogen) atoms. The van der Waals surface area contributed by atoms with Crippen LogP contribution in [-0.2, 0) is 6.42 Å². The molecule has 90 valence electrons. The van der Waals surface area contributed by atoms with Crippen LogP contribution in [0.15, 0.2) is 6.33 Å². The lowest BCUT2D eigenvalue weighted by atomic mass is 10.1. The molecule has 5 heteroatoms. The zero-order chi connectivity index (χ0) is 12.0. The molecule has 1 heterocycles. The Bertz CT molecular complexity index is 333. The Kier molecular flexibility index (Phi) is 5.49. The number of nitrogens with one attached hydrogen (secondary N) is 1. The molecule has 1 aromatic rings. The van der Waals surface area contributed by atoms with Crippen molar-refractivity contribution < 1.29 is 5.11 Å². The van der Waals surface area contributed by atoms with E-state index in [0.717, 1.165) is 24.2 Å². The Labute approximate surface area is 101 Å². The summed E-state index contributed by atoms with van der Waals surface area (Å²) in [7, 11) is 0. The van der Waals surface area contributed by atoms with Crippen molar-refractivity contribution in [3.63, 3.8) is 0 Å². The third-order valence-corrected chi connectivity index (χ3v) is 2.88. The van der Waals surface area contributed by atoms with E-state index in [1.165, 1.54) is 6.33 Å². The molecule has 1 atom stereocenters. The zero-order valence-corrected chi connectivity index (χ0v) is 10.5. The fraction of sp³-hybridized carbons (Fsp3) is 0.636. The quantitative estimate of drug-likeness (QED) is 0.753. The average Bonchev–Trinajstić information content (AvgIpc) is 2.28. The van der Waals surface area contributed by atoms with Gasteiger partial charge in [0.25, 0.3) is 0 Å². The van der Waals surface area contributed by atoms with E-state index >= 15 is 0 Å². The lowest BCUT2D eigenvalue weighted by Gasteiger charge is -2.18. The van der Waals surface area contributed by atoms with Crippen LogP contribution in [0.5, 0.6) is 0 Å². The van der Waals surface area contributed by atoms with Gasteiger partial charge in [0, 0.05) is 18.2 Å². The number of aliphatic hydroxyl groups excluding tert-OH is 1. The van der Waals surface area contributed by atoms with E-state index in [4.69, 9.17) is 16.7 Å². The molecule has 0 spiro atoms. The highest BCUT2D eigenvalue weighted by Crippen LogP contribution is 2.21. The van der Waals surface area contributed by atoms with Crippen molar-refractivity contribution in [1.29, 1.82) is 0 Å². The second kappa shape index (κ2) is 6.66. The largest absolute Gasteiger partial charge is 0.396 e. The first-order valence-electron chi connectivity index (χ1n) is 5.59. The van der Waals surface area contributed by atoms with Crippen molar-refractivity contribution in [2.45, 2.75) is 39.2 Å². The van der Waals surface area contributed by atoms with Gasteiger partial charge < -0.3 is 10.4 Å². The maximum atomic E-state index is 8.93. The Hall–Kier alpha value is -0.870. The van der Waals surface area contributed by atoms with Crippen LogP contribution >= 0.6 is 11.6 Å². The van der Waals surface area contributed by atoms with Gasteiger partial charge in [-0.05, 0) is 19.3 Å². The van der Waals surface area contributed by atoms with Crippen molar-refractivity contribution in [2.75, 3.05) is 11.9 Å². The summed E-state index contributed by atoms with van der Waals surface area (Å²) in [5, 5.41) is 12.7. The third-order valence-electron chi connectivity index (χ3n) is 2.56. The lowest BCUT2D eigenvalue weighted by molar-refractivity contribution is 0.278. The summed E-state index contributed by atoms with van der Waals surface area (Å²) in [5.74, 6) is 0.780. The van der Waals surface area contributed by atoms with Gasteiger partial charge in [-0.2, -0.15) is 0 Å². The van der Waals surface area contributed by atoms with E-state index in [2.05, 4.69) is 22.2 Å². The zero-order valence-electron chi connectivity index (χ0n) is 9.70. The summed E-state index contributed by atoms with van der Waals surface area (Å²) < 4.78 is 0. The van der Waals surface area contributed by atoms with Crippen molar-refractivity contribution in [2.24, 2.45) is 0 Å². The molecule has 1 unspecified atom stereocenters. The molecule has 0 aliphatic rings. The maximum absolute atomic E-state index is 8.93. The molecule has 1 aromatic heterocycles. The topological polar surface area (TPSA) is 58.0 Å². The summed E-state index contributed by atoms with van der Waals surface area (Å²) in [6.07, 6.45) is 3.89. The second-order valence-corrected chi connectivity index (χ2v) is 3.96. The number of anilines is 1. The van der Waals surface area contributed by atoms with Gasteiger partial charge in [0.1, 0.15) is 17.3 Å². The Morgan fingerprint density at radius 2 is 2.19 bits per heavy atom. The van der Waals surface area contributed by atoms with Crippen LogP contribution in [0, 0.1) is 0 Å². The molecule has 0 aromatic carbocycles. The molecular formula is C11H18ClN3O. The number of hydrogen-bond acceptors (Lipinski definition) is 4. The molecular weight excluding hydrogens is 226 g/mol. The molecule has 0 saturated carbocycles. The van der Waals surface area contributed by atoms with Crippen molar-refractivity contribution in [1.82, 2.24) is 9.97 Å². The van der Waals surface area contributed by atoms with Gasteiger partial charge in [-0.25, -0.2) is 9.97 Å². The molecule has 0 bridgehead atoms. The number of aliphatic hydroxyl groups is 1. The van der Waals surface area contributed by atoms with Crippen LogP contribution in [0.2, 0.25) is 5.15 Å². The third kappa shape index (κ3) is 3.32. The first-order valence-corrected chi connectivity index (χ1v) is 5.97. The standard InChI is InChI=1S/C11H18ClN3O/c1-3-8(5-6-16)15-11-9(4-2)10(12)13-7-14-11/h7-8,16H,3-6H2,1-2H3,(H,13,14,15). The van der Waals surface area contributed by atoms with Gasteiger partial charge in [0.15, 0.2) is 0 Å². The number of hydrogen-bond donors (Lipinski definition) is 2. The molecule has 0 amide bonds. The van der Waals surface area contributed by atoms with Gasteiger partial charge in [0.2, 0.25) is 0 Å². The van der Waals surface area contributed by atoms with Crippen LogP contribution in [-0.4, -0.2) is 27.7 Å². The van der Waals surface area contributed by atoms with E-state index < -0.39 is 0 Å². The predicted octanol–water partition coefficient (Wildman–Crippen LogP) is 2.27. The lowest BCUT2D eigenvalue weighted by Crippen LogP contribution is -2.21. The van der Waals surface area contributed by atoms with Crippen molar-refractivity contribution in [3.8, 4) is 0 Å². The van der Waals surface area contributed by atoms with Gasteiger partial charge in [-0.15, -0.1) is 0 Å². The number of halogens is 1. The average molecular weight is 244 g/mol. The van der Waals surface area contributed by atoms with Crippen LogP contribution in [0.3, 0.4) is 0 Å². The van der Waals surface area contributed by atoms with Crippen molar-refractivity contribution in [3.05, 3.63) is 17.0 Å². The normalized spacial score (nSPS) is 12.5. The summed E-state index contributed by atoms with van der Waals surface area (Å²) in [6, 6.07) is 0.223. The van der Waals surface area contributed by atoms with Gasteiger partial charge in [0.05, 0.1) is 0 Å². The molecule has 0 radical (unpaired) electrons. The minimum Gasteiger partial charge on any atom is -0.396 e. The number of nitrogens with zero attached hydrogens (tertiary/aromatic N) is 2. The maximum Gasteiger partial charge on any atom is 0.137 e. The Morgan fingerprint density at radius 3 is 2.75 bits per heavy atom. The highest BCUT2D eigenvalue weighted by atomic mass is 35.5. The monoisotopic (exact) mass is 243 g/mol.